The molecular weight excluding hydrogens is 496 g/mol. The van der Waals surface area contributed by atoms with Crippen LogP contribution in [0.2, 0.25) is 0 Å². The van der Waals surface area contributed by atoms with Gasteiger partial charge in [0.2, 0.25) is 5.95 Å². The Balaban J connectivity index is 1.46. The summed E-state index contributed by atoms with van der Waals surface area (Å²) >= 11 is 4.82. The quantitative estimate of drug-likeness (QED) is 0.412. The fourth-order valence-electron chi connectivity index (χ4n) is 3.28. The van der Waals surface area contributed by atoms with Crippen LogP contribution in [0.1, 0.15) is 30.5 Å². The van der Waals surface area contributed by atoms with Crippen molar-refractivity contribution in [3.63, 3.8) is 0 Å². The smallest absolute Gasteiger partial charge is 0.325 e. The second kappa shape index (κ2) is 8.93. The van der Waals surface area contributed by atoms with Gasteiger partial charge in [0.15, 0.2) is 0 Å². The molecule has 0 bridgehead atoms. The maximum Gasteiger partial charge on any atom is 0.325 e. The average Bonchev–Trinajstić information content (AvgIpc) is 3.33. The van der Waals surface area contributed by atoms with E-state index in [9.17, 15) is 14.7 Å². The van der Waals surface area contributed by atoms with Crippen molar-refractivity contribution in [1.82, 2.24) is 25.2 Å². The number of imide groups is 1. The number of aliphatic hydroxyl groups is 1. The predicted molar refractivity (Wildman–Crippen MR) is 124 cm³/mol. The third kappa shape index (κ3) is 4.36. The van der Waals surface area contributed by atoms with Gasteiger partial charge in [0, 0.05) is 25.5 Å². The number of aromatic nitrogens is 3. The zero-order chi connectivity index (χ0) is 22.9. The summed E-state index contributed by atoms with van der Waals surface area (Å²) in [5, 5.41) is 16.6. The molecule has 1 saturated heterocycles. The van der Waals surface area contributed by atoms with Gasteiger partial charge in [-0.1, -0.05) is 30.3 Å². The Morgan fingerprint density at radius 2 is 1.97 bits per heavy atom. The van der Waals surface area contributed by atoms with E-state index in [0.29, 0.717) is 34.2 Å². The van der Waals surface area contributed by atoms with Crippen molar-refractivity contribution in [3.8, 4) is 10.6 Å². The van der Waals surface area contributed by atoms with Crippen LogP contribution in [0.5, 0.6) is 0 Å². The molecule has 2 aromatic heterocycles. The third-order valence-corrected chi connectivity index (χ3v) is 6.80. The molecule has 9 nitrogen and oxygen atoms in total. The molecule has 1 aliphatic heterocycles. The maximum atomic E-state index is 12.0. The number of urea groups is 1. The van der Waals surface area contributed by atoms with Gasteiger partial charge in [-0.3, -0.25) is 10.1 Å². The van der Waals surface area contributed by atoms with Gasteiger partial charge in [0.05, 0.1) is 9.35 Å². The van der Waals surface area contributed by atoms with E-state index in [0.717, 1.165) is 10.4 Å². The first-order chi connectivity index (χ1) is 15.3. The number of hydrogen-bond donors (Lipinski definition) is 3. The SMILES string of the molecule is CC1(C)C(=O)NC(=O)N1CCNc1ncc(Br)c(-c2cnc(C(O)c3ccccc3)s2)n1. The Kier molecular flexibility index (Phi) is 6.22. The summed E-state index contributed by atoms with van der Waals surface area (Å²) in [6, 6.07) is 8.93. The molecule has 4 rings (SSSR count). The summed E-state index contributed by atoms with van der Waals surface area (Å²) in [6.07, 6.45) is 2.49. The molecule has 1 aromatic carbocycles. The number of thiazole rings is 1. The van der Waals surface area contributed by atoms with E-state index in [-0.39, 0.29) is 5.91 Å². The summed E-state index contributed by atoms with van der Waals surface area (Å²) < 4.78 is 0.693. The first-order valence-electron chi connectivity index (χ1n) is 9.86. The molecule has 0 aliphatic carbocycles. The molecule has 3 amide bonds. The summed E-state index contributed by atoms with van der Waals surface area (Å²) in [7, 11) is 0. The van der Waals surface area contributed by atoms with Gasteiger partial charge in [0.25, 0.3) is 5.91 Å². The number of rotatable bonds is 7. The van der Waals surface area contributed by atoms with Gasteiger partial charge >= 0.3 is 6.03 Å². The first-order valence-corrected chi connectivity index (χ1v) is 11.5. The van der Waals surface area contributed by atoms with Crippen molar-refractivity contribution < 1.29 is 14.7 Å². The Morgan fingerprint density at radius 1 is 1.22 bits per heavy atom. The minimum Gasteiger partial charge on any atom is -0.381 e. The number of nitrogens with zero attached hydrogens (tertiary/aromatic N) is 4. The normalized spacial score (nSPS) is 16.2. The highest BCUT2D eigenvalue weighted by molar-refractivity contribution is 9.10. The Hall–Kier alpha value is -2.89. The molecule has 1 atom stereocenters. The van der Waals surface area contributed by atoms with Gasteiger partial charge in [-0.25, -0.2) is 19.7 Å². The van der Waals surface area contributed by atoms with Crippen molar-refractivity contribution in [3.05, 3.63) is 57.8 Å². The number of carbonyl (C=O) groups excluding carboxylic acids is 2. The third-order valence-electron chi connectivity index (χ3n) is 5.16. The molecule has 3 aromatic rings. The maximum absolute atomic E-state index is 12.0. The topological polar surface area (TPSA) is 120 Å². The molecule has 0 radical (unpaired) electrons. The summed E-state index contributed by atoms with van der Waals surface area (Å²) in [5.41, 5.74) is 0.508. The molecule has 1 unspecified atom stereocenters. The van der Waals surface area contributed by atoms with Crippen molar-refractivity contribution in [2.45, 2.75) is 25.5 Å². The molecule has 166 valence electrons. The molecule has 0 spiro atoms. The van der Waals surface area contributed by atoms with Crippen molar-refractivity contribution in [1.29, 1.82) is 0 Å². The monoisotopic (exact) mass is 516 g/mol. The second-order valence-corrected chi connectivity index (χ2v) is 9.58. The Labute approximate surface area is 197 Å². The number of hydrogen-bond acceptors (Lipinski definition) is 8. The van der Waals surface area contributed by atoms with Crippen LogP contribution in [0.15, 0.2) is 47.2 Å². The minimum atomic E-state index is -0.900. The Morgan fingerprint density at radius 3 is 2.66 bits per heavy atom. The zero-order valence-corrected chi connectivity index (χ0v) is 19.8. The van der Waals surface area contributed by atoms with E-state index < -0.39 is 17.7 Å². The van der Waals surface area contributed by atoms with Crippen LogP contribution in [0.25, 0.3) is 10.6 Å². The van der Waals surface area contributed by atoms with Gasteiger partial charge in [0.1, 0.15) is 22.3 Å². The number of carbonyl (C=O) groups is 2. The lowest BCUT2D eigenvalue weighted by atomic mass is 10.0. The van der Waals surface area contributed by atoms with E-state index in [1.165, 1.54) is 16.2 Å². The molecule has 1 aliphatic rings. The van der Waals surface area contributed by atoms with E-state index in [4.69, 9.17) is 0 Å². The highest BCUT2D eigenvalue weighted by atomic mass is 79.9. The fraction of sp³-hybridized carbons (Fsp3) is 0.286. The lowest BCUT2D eigenvalue weighted by molar-refractivity contribution is -0.125. The van der Waals surface area contributed by atoms with Crippen molar-refractivity contribution >= 4 is 45.2 Å². The molecule has 11 heteroatoms. The van der Waals surface area contributed by atoms with Crippen LogP contribution in [0, 0.1) is 0 Å². The van der Waals surface area contributed by atoms with Crippen LogP contribution in [-0.2, 0) is 4.79 Å². The standard InChI is InChI=1S/C21H21BrN6O3S/c1-21(2)18(30)27-20(31)28(21)9-8-23-19-25-10-13(22)15(26-19)14-11-24-17(32-14)16(29)12-6-4-3-5-7-12/h3-7,10-11,16,29H,8-9H2,1-2H3,(H,23,25,26)(H,27,30,31). The second-order valence-electron chi connectivity index (χ2n) is 7.66. The first kappa shape index (κ1) is 22.3. The van der Waals surface area contributed by atoms with E-state index >= 15 is 0 Å². The molecule has 32 heavy (non-hydrogen) atoms. The number of amides is 3. The molecular formula is C21H21BrN6O3S. The van der Waals surface area contributed by atoms with Crippen LogP contribution in [0.4, 0.5) is 10.7 Å². The molecule has 3 heterocycles. The summed E-state index contributed by atoms with van der Waals surface area (Å²) in [6.45, 7) is 4.08. The van der Waals surface area contributed by atoms with Crippen LogP contribution in [-0.4, -0.2) is 55.5 Å². The number of aliphatic hydroxyl groups excluding tert-OH is 1. The van der Waals surface area contributed by atoms with Crippen LogP contribution < -0.4 is 10.6 Å². The number of benzene rings is 1. The number of nitrogens with one attached hydrogen (secondary N) is 2. The van der Waals surface area contributed by atoms with E-state index in [1.54, 1.807) is 26.2 Å². The minimum absolute atomic E-state index is 0.313. The van der Waals surface area contributed by atoms with Gasteiger partial charge in [-0.2, -0.15) is 0 Å². The van der Waals surface area contributed by atoms with Crippen molar-refractivity contribution in [2.24, 2.45) is 0 Å². The summed E-state index contributed by atoms with van der Waals surface area (Å²) in [5.74, 6) is 0.0638. The lowest BCUT2D eigenvalue weighted by Crippen LogP contribution is -2.46. The highest BCUT2D eigenvalue weighted by Crippen LogP contribution is 2.34. The van der Waals surface area contributed by atoms with E-state index in [1.807, 2.05) is 30.3 Å². The van der Waals surface area contributed by atoms with Crippen molar-refractivity contribution in [2.75, 3.05) is 18.4 Å². The average molecular weight is 517 g/mol. The lowest BCUT2D eigenvalue weighted by Gasteiger charge is -2.27. The van der Waals surface area contributed by atoms with E-state index in [2.05, 4.69) is 41.5 Å². The number of halogens is 1. The fourth-order valence-corrected chi connectivity index (χ4v) is 4.75. The number of anilines is 1. The summed E-state index contributed by atoms with van der Waals surface area (Å²) in [4.78, 5) is 39.3. The van der Waals surface area contributed by atoms with Gasteiger partial charge in [-0.15, -0.1) is 11.3 Å². The molecule has 3 N–H and O–H groups in total. The van der Waals surface area contributed by atoms with Crippen LogP contribution >= 0.6 is 27.3 Å². The highest BCUT2D eigenvalue weighted by Gasteiger charge is 2.45. The molecule has 1 fully saturated rings. The Bertz CT molecular complexity index is 1150. The molecule has 0 saturated carbocycles. The largest absolute Gasteiger partial charge is 0.381 e. The van der Waals surface area contributed by atoms with Crippen LogP contribution in [0.3, 0.4) is 0 Å². The van der Waals surface area contributed by atoms with Gasteiger partial charge in [-0.05, 0) is 35.3 Å². The van der Waals surface area contributed by atoms with Gasteiger partial charge < -0.3 is 15.3 Å². The predicted octanol–water partition coefficient (Wildman–Crippen LogP) is 3.19. The zero-order valence-electron chi connectivity index (χ0n) is 17.4.